The fourth-order valence-electron chi connectivity index (χ4n) is 4.12. The Hall–Kier alpha value is -3.00. The molecule has 0 radical (unpaired) electrons. The molecule has 0 aliphatic heterocycles. The van der Waals surface area contributed by atoms with Crippen molar-refractivity contribution >= 4 is 11.6 Å². The van der Waals surface area contributed by atoms with Crippen LogP contribution in [0.5, 0.6) is 0 Å². The summed E-state index contributed by atoms with van der Waals surface area (Å²) in [7, 11) is 0. The van der Waals surface area contributed by atoms with Crippen LogP contribution in [-0.2, 0) is 0 Å². The molecule has 0 aliphatic rings. The third-order valence-corrected chi connectivity index (χ3v) is 5.62. The second-order valence-electron chi connectivity index (χ2n) is 7.52. The van der Waals surface area contributed by atoms with E-state index < -0.39 is 0 Å². The molecule has 3 aromatic carbocycles. The van der Waals surface area contributed by atoms with Gasteiger partial charge in [-0.25, -0.2) is 0 Å². The van der Waals surface area contributed by atoms with Crippen LogP contribution in [0.1, 0.15) is 56.8 Å². The predicted molar refractivity (Wildman–Crippen MR) is 116 cm³/mol. The summed E-state index contributed by atoms with van der Waals surface area (Å²) in [5, 5.41) is 0. The highest BCUT2D eigenvalue weighted by Crippen LogP contribution is 2.36. The molecule has 0 aromatic heterocycles. The Morgan fingerprint density at radius 3 is 1.21 bits per heavy atom. The van der Waals surface area contributed by atoms with Crippen LogP contribution in [0.4, 0.5) is 0 Å². The molecule has 0 unspecified atom stereocenters. The summed E-state index contributed by atoms with van der Waals surface area (Å²) in [4.78, 5) is 24.5. The molecule has 3 rings (SSSR count). The van der Waals surface area contributed by atoms with Gasteiger partial charge in [-0.3, -0.25) is 9.59 Å². The number of aryl methyl sites for hydroxylation is 2. The van der Waals surface area contributed by atoms with Crippen molar-refractivity contribution in [3.05, 3.63) is 81.9 Å². The van der Waals surface area contributed by atoms with Crippen molar-refractivity contribution in [2.75, 3.05) is 0 Å². The Kier molecular flexibility index (Phi) is 5.33. The number of Topliss-reactive ketones (excluding diaryl/α,β-unsaturated/α-hetero) is 2. The number of rotatable bonds is 4. The minimum absolute atomic E-state index is 0.0757. The van der Waals surface area contributed by atoms with E-state index in [9.17, 15) is 9.59 Å². The first kappa shape index (κ1) is 19.8. The molecule has 0 atom stereocenters. The molecule has 0 saturated heterocycles. The first-order valence-electron chi connectivity index (χ1n) is 9.56. The minimum Gasteiger partial charge on any atom is -0.294 e. The lowest BCUT2D eigenvalue weighted by Gasteiger charge is -2.18. The van der Waals surface area contributed by atoms with Crippen molar-refractivity contribution < 1.29 is 9.59 Å². The smallest absolute Gasteiger partial charge is 0.160 e. The lowest BCUT2D eigenvalue weighted by molar-refractivity contribution is 0.100. The largest absolute Gasteiger partial charge is 0.294 e. The summed E-state index contributed by atoms with van der Waals surface area (Å²) >= 11 is 0. The Morgan fingerprint density at radius 2 is 0.893 bits per heavy atom. The molecule has 2 heteroatoms. The second kappa shape index (κ2) is 7.55. The SMILES string of the molecule is CC(=O)c1c(C)cccc1-c1ccc(-c2cccc(C)c2C(C)=O)c(C)c1C. The van der Waals surface area contributed by atoms with Gasteiger partial charge in [-0.1, -0.05) is 48.5 Å². The molecular weight excluding hydrogens is 344 g/mol. The zero-order chi connectivity index (χ0) is 20.6. The van der Waals surface area contributed by atoms with Crippen LogP contribution >= 0.6 is 0 Å². The van der Waals surface area contributed by atoms with E-state index in [0.717, 1.165) is 55.6 Å². The van der Waals surface area contributed by atoms with Gasteiger partial charge < -0.3 is 0 Å². The lowest BCUT2D eigenvalue weighted by atomic mass is 9.85. The summed E-state index contributed by atoms with van der Waals surface area (Å²) in [6.07, 6.45) is 0. The molecule has 0 fully saturated rings. The van der Waals surface area contributed by atoms with Crippen LogP contribution in [0.15, 0.2) is 48.5 Å². The summed E-state index contributed by atoms with van der Waals surface area (Å²) in [6.45, 7) is 11.4. The van der Waals surface area contributed by atoms with Crippen molar-refractivity contribution in [2.24, 2.45) is 0 Å². The van der Waals surface area contributed by atoms with Gasteiger partial charge in [0.2, 0.25) is 0 Å². The van der Waals surface area contributed by atoms with E-state index in [2.05, 4.69) is 26.0 Å². The molecule has 3 aromatic rings. The van der Waals surface area contributed by atoms with Crippen LogP contribution < -0.4 is 0 Å². The van der Waals surface area contributed by atoms with Crippen molar-refractivity contribution in [3.8, 4) is 22.3 Å². The van der Waals surface area contributed by atoms with E-state index in [4.69, 9.17) is 0 Å². The average Bonchev–Trinajstić information content (AvgIpc) is 2.63. The first-order valence-corrected chi connectivity index (χ1v) is 9.56. The first-order chi connectivity index (χ1) is 13.2. The van der Waals surface area contributed by atoms with Gasteiger partial charge in [-0.15, -0.1) is 0 Å². The highest BCUT2D eigenvalue weighted by Gasteiger charge is 2.18. The van der Waals surface area contributed by atoms with Gasteiger partial charge in [0.25, 0.3) is 0 Å². The summed E-state index contributed by atoms with van der Waals surface area (Å²) in [5.41, 5.74) is 9.84. The van der Waals surface area contributed by atoms with Gasteiger partial charge in [0, 0.05) is 11.1 Å². The lowest BCUT2D eigenvalue weighted by Crippen LogP contribution is -2.03. The van der Waals surface area contributed by atoms with Gasteiger partial charge >= 0.3 is 0 Å². The van der Waals surface area contributed by atoms with E-state index in [1.54, 1.807) is 13.8 Å². The maximum Gasteiger partial charge on any atom is 0.160 e. The number of hydrogen-bond donors (Lipinski definition) is 0. The Balaban J connectivity index is 2.26. The average molecular weight is 370 g/mol. The number of carbonyl (C=O) groups is 2. The van der Waals surface area contributed by atoms with E-state index in [-0.39, 0.29) is 11.6 Å². The normalized spacial score (nSPS) is 10.8. The van der Waals surface area contributed by atoms with E-state index in [0.29, 0.717) is 0 Å². The monoisotopic (exact) mass is 370 g/mol. The molecule has 28 heavy (non-hydrogen) atoms. The molecule has 142 valence electrons. The molecule has 0 heterocycles. The van der Waals surface area contributed by atoms with Gasteiger partial charge in [0.1, 0.15) is 0 Å². The van der Waals surface area contributed by atoms with Crippen LogP contribution in [0.25, 0.3) is 22.3 Å². The van der Waals surface area contributed by atoms with Crippen molar-refractivity contribution in [3.63, 3.8) is 0 Å². The third-order valence-electron chi connectivity index (χ3n) is 5.62. The third kappa shape index (κ3) is 3.31. The van der Waals surface area contributed by atoms with Gasteiger partial charge in [0.05, 0.1) is 0 Å². The molecular formula is C26H26O2. The molecule has 0 saturated carbocycles. The molecule has 0 spiro atoms. The highest BCUT2D eigenvalue weighted by molar-refractivity contribution is 6.04. The zero-order valence-corrected chi connectivity index (χ0v) is 17.4. The fraction of sp³-hybridized carbons (Fsp3) is 0.231. The van der Waals surface area contributed by atoms with Gasteiger partial charge in [-0.2, -0.15) is 0 Å². The highest BCUT2D eigenvalue weighted by atomic mass is 16.1. The molecule has 0 bridgehead atoms. The quantitative estimate of drug-likeness (QED) is 0.481. The van der Waals surface area contributed by atoms with E-state index >= 15 is 0 Å². The van der Waals surface area contributed by atoms with Crippen LogP contribution in [0.3, 0.4) is 0 Å². The van der Waals surface area contributed by atoms with Crippen LogP contribution in [0, 0.1) is 27.7 Å². The van der Waals surface area contributed by atoms with Crippen molar-refractivity contribution in [1.29, 1.82) is 0 Å². The fourth-order valence-corrected chi connectivity index (χ4v) is 4.12. The van der Waals surface area contributed by atoms with E-state index in [1.807, 2.05) is 50.2 Å². The predicted octanol–water partition coefficient (Wildman–Crippen LogP) is 6.66. The standard InChI is InChI=1S/C26H26O2/c1-15-9-7-11-23(25(15)19(5)27)21-13-14-22(18(4)17(21)3)24-12-8-10-16(2)26(24)20(6)28/h7-14H,1-6H3. The Morgan fingerprint density at radius 1 is 0.536 bits per heavy atom. The molecule has 0 aliphatic carbocycles. The molecule has 0 amide bonds. The molecule has 2 nitrogen and oxygen atoms in total. The molecule has 0 N–H and O–H groups in total. The number of carbonyl (C=O) groups excluding carboxylic acids is 2. The van der Waals surface area contributed by atoms with E-state index in [1.165, 1.54) is 0 Å². The maximum absolute atomic E-state index is 12.3. The number of hydrogen-bond acceptors (Lipinski definition) is 2. The summed E-state index contributed by atoms with van der Waals surface area (Å²) < 4.78 is 0. The van der Waals surface area contributed by atoms with Crippen molar-refractivity contribution in [1.82, 2.24) is 0 Å². The zero-order valence-electron chi connectivity index (χ0n) is 17.4. The summed E-state index contributed by atoms with van der Waals surface area (Å²) in [5.74, 6) is 0.151. The van der Waals surface area contributed by atoms with Crippen LogP contribution in [-0.4, -0.2) is 11.6 Å². The second-order valence-corrected chi connectivity index (χ2v) is 7.52. The van der Waals surface area contributed by atoms with Gasteiger partial charge in [0.15, 0.2) is 11.6 Å². The Labute approximate surface area is 167 Å². The summed E-state index contributed by atoms with van der Waals surface area (Å²) in [6, 6.07) is 16.1. The van der Waals surface area contributed by atoms with Crippen molar-refractivity contribution in [2.45, 2.75) is 41.5 Å². The van der Waals surface area contributed by atoms with Gasteiger partial charge in [-0.05, 0) is 86.1 Å². The van der Waals surface area contributed by atoms with Crippen LogP contribution in [0.2, 0.25) is 0 Å². The Bertz CT molecular complexity index is 1020. The number of ketones is 2. The topological polar surface area (TPSA) is 34.1 Å². The maximum atomic E-state index is 12.3. The minimum atomic E-state index is 0.0757. The number of benzene rings is 3.